The van der Waals surface area contributed by atoms with E-state index in [2.05, 4.69) is 5.32 Å². The van der Waals surface area contributed by atoms with Gasteiger partial charge in [-0.1, -0.05) is 6.07 Å². The second-order valence-corrected chi connectivity index (χ2v) is 6.66. The second kappa shape index (κ2) is 7.15. The molecule has 0 unspecified atom stereocenters. The van der Waals surface area contributed by atoms with Crippen molar-refractivity contribution in [3.8, 4) is 11.5 Å². The average molecular weight is 340 g/mol. The van der Waals surface area contributed by atoms with E-state index < -0.39 is 0 Å². The molecule has 1 aliphatic rings. The first kappa shape index (κ1) is 17.3. The molecule has 2 aromatic rings. The monoisotopic (exact) mass is 340 g/mol. The van der Waals surface area contributed by atoms with Gasteiger partial charge in [-0.2, -0.15) is 0 Å². The highest BCUT2D eigenvalue weighted by atomic mass is 16.5. The number of aryl methyl sites for hydroxylation is 2. The van der Waals surface area contributed by atoms with Crippen molar-refractivity contribution in [2.75, 3.05) is 5.73 Å². The highest BCUT2D eigenvalue weighted by molar-refractivity contribution is 5.96. The summed E-state index contributed by atoms with van der Waals surface area (Å²) in [7, 11) is 0. The molecule has 0 heterocycles. The van der Waals surface area contributed by atoms with E-state index in [1.807, 2.05) is 26.0 Å². The van der Waals surface area contributed by atoms with E-state index in [9.17, 15) is 9.90 Å². The summed E-state index contributed by atoms with van der Waals surface area (Å²) in [6.07, 6.45) is 3.18. The zero-order valence-corrected chi connectivity index (χ0v) is 14.6. The average Bonchev–Trinajstić information content (AvgIpc) is 2.54. The summed E-state index contributed by atoms with van der Waals surface area (Å²) in [5.41, 5.74) is 9.46. The van der Waals surface area contributed by atoms with Gasteiger partial charge in [-0.05, 0) is 74.1 Å². The summed E-state index contributed by atoms with van der Waals surface area (Å²) in [6, 6.07) is 9.14. The summed E-state index contributed by atoms with van der Waals surface area (Å²) in [4.78, 5) is 12.5. The molecular weight excluding hydrogens is 316 g/mol. The minimum absolute atomic E-state index is 0.162. The van der Waals surface area contributed by atoms with Crippen molar-refractivity contribution in [1.82, 2.24) is 5.32 Å². The number of hydrogen-bond donors (Lipinski definition) is 3. The largest absolute Gasteiger partial charge is 0.457 e. The molecule has 0 aromatic heterocycles. The Morgan fingerprint density at radius 2 is 1.92 bits per heavy atom. The molecule has 5 nitrogen and oxygen atoms in total. The third-order valence-corrected chi connectivity index (χ3v) is 4.64. The lowest BCUT2D eigenvalue weighted by Crippen LogP contribution is -2.39. The topological polar surface area (TPSA) is 84.6 Å². The lowest BCUT2D eigenvalue weighted by molar-refractivity contribution is 0.0913. The molecule has 2 aromatic carbocycles. The third kappa shape index (κ3) is 3.77. The number of hydrogen-bond acceptors (Lipinski definition) is 4. The Morgan fingerprint density at radius 1 is 1.24 bits per heavy atom. The van der Waals surface area contributed by atoms with E-state index in [1.54, 1.807) is 18.2 Å². The van der Waals surface area contributed by atoms with Gasteiger partial charge in [0.05, 0.1) is 6.61 Å². The molecule has 0 radical (unpaired) electrons. The molecule has 1 fully saturated rings. The van der Waals surface area contributed by atoms with E-state index in [0.717, 1.165) is 36.1 Å². The maximum absolute atomic E-state index is 12.5. The Morgan fingerprint density at radius 3 is 2.48 bits per heavy atom. The van der Waals surface area contributed by atoms with E-state index in [1.165, 1.54) is 0 Å². The van der Waals surface area contributed by atoms with Gasteiger partial charge in [-0.15, -0.1) is 0 Å². The second-order valence-electron chi connectivity index (χ2n) is 6.66. The standard InChI is InChI=1S/C20H24N2O3/c1-12-8-15(21)9-13(2)19(12)25-17-7-6-14(11-23)18(10-17)20(24)22-16-4-3-5-16/h6-10,16,23H,3-5,11,21H2,1-2H3,(H,22,24). The fourth-order valence-electron chi connectivity index (χ4n) is 3.05. The van der Waals surface area contributed by atoms with Gasteiger partial charge in [0.15, 0.2) is 0 Å². The molecule has 25 heavy (non-hydrogen) atoms. The Labute approximate surface area is 147 Å². The fraction of sp³-hybridized carbons (Fsp3) is 0.350. The van der Waals surface area contributed by atoms with Crippen LogP contribution in [0.4, 0.5) is 5.69 Å². The molecular formula is C20H24N2O3. The Bertz CT molecular complexity index is 775. The molecule has 1 saturated carbocycles. The van der Waals surface area contributed by atoms with Crippen LogP contribution in [0.15, 0.2) is 30.3 Å². The highest BCUT2D eigenvalue weighted by Gasteiger charge is 2.22. The van der Waals surface area contributed by atoms with Gasteiger partial charge in [-0.25, -0.2) is 0 Å². The van der Waals surface area contributed by atoms with Crippen LogP contribution in [0.1, 0.15) is 46.3 Å². The normalized spacial score (nSPS) is 14.0. The number of nitrogens with two attached hydrogens (primary N) is 1. The van der Waals surface area contributed by atoms with Gasteiger partial charge in [0, 0.05) is 17.3 Å². The molecule has 5 heteroatoms. The van der Waals surface area contributed by atoms with E-state index in [0.29, 0.717) is 22.6 Å². The first-order valence-electron chi connectivity index (χ1n) is 8.57. The van der Waals surface area contributed by atoms with Crippen LogP contribution in [0.2, 0.25) is 0 Å². The Kier molecular flexibility index (Phi) is 4.95. The van der Waals surface area contributed by atoms with Crippen LogP contribution in [-0.2, 0) is 6.61 Å². The van der Waals surface area contributed by atoms with Crippen molar-refractivity contribution in [2.45, 2.75) is 45.8 Å². The van der Waals surface area contributed by atoms with Crippen LogP contribution in [0.25, 0.3) is 0 Å². The summed E-state index contributed by atoms with van der Waals surface area (Å²) in [5, 5.41) is 12.5. The molecule has 0 aliphatic heterocycles. The fourth-order valence-corrected chi connectivity index (χ4v) is 3.05. The summed E-state index contributed by atoms with van der Waals surface area (Å²) < 4.78 is 6.01. The smallest absolute Gasteiger partial charge is 0.252 e. The van der Waals surface area contributed by atoms with Crippen molar-refractivity contribution in [3.63, 3.8) is 0 Å². The first-order valence-corrected chi connectivity index (χ1v) is 8.57. The number of nitrogens with one attached hydrogen (secondary N) is 1. The number of benzene rings is 2. The lowest BCUT2D eigenvalue weighted by Gasteiger charge is -2.26. The Hall–Kier alpha value is -2.53. The van der Waals surface area contributed by atoms with Crippen LogP contribution in [0.3, 0.4) is 0 Å². The van der Waals surface area contributed by atoms with Crippen LogP contribution in [0, 0.1) is 13.8 Å². The third-order valence-electron chi connectivity index (χ3n) is 4.64. The number of nitrogen functional groups attached to an aromatic ring is 1. The number of carbonyl (C=O) groups is 1. The van der Waals surface area contributed by atoms with Gasteiger partial charge in [0.1, 0.15) is 11.5 Å². The zero-order chi connectivity index (χ0) is 18.0. The minimum atomic E-state index is -0.187. The summed E-state index contributed by atoms with van der Waals surface area (Å²) in [5.74, 6) is 1.13. The number of aliphatic hydroxyl groups excluding tert-OH is 1. The van der Waals surface area contributed by atoms with Crippen molar-refractivity contribution in [2.24, 2.45) is 0 Å². The number of carbonyl (C=O) groups excluding carboxylic acids is 1. The highest BCUT2D eigenvalue weighted by Crippen LogP contribution is 2.32. The number of aliphatic hydroxyl groups is 1. The molecule has 1 aliphatic carbocycles. The molecule has 1 amide bonds. The van der Waals surface area contributed by atoms with Gasteiger partial charge in [-0.3, -0.25) is 4.79 Å². The number of anilines is 1. The molecule has 0 saturated heterocycles. The maximum Gasteiger partial charge on any atom is 0.252 e. The molecule has 0 bridgehead atoms. The Balaban J connectivity index is 1.87. The van der Waals surface area contributed by atoms with Crippen molar-refractivity contribution >= 4 is 11.6 Å². The number of ether oxygens (including phenoxy) is 1. The summed E-state index contributed by atoms with van der Waals surface area (Å²) >= 11 is 0. The predicted octanol–water partition coefficient (Wildman–Crippen LogP) is 3.45. The molecule has 4 N–H and O–H groups in total. The molecule has 0 spiro atoms. The van der Waals surface area contributed by atoms with Crippen LogP contribution in [-0.4, -0.2) is 17.1 Å². The van der Waals surface area contributed by atoms with Crippen LogP contribution < -0.4 is 15.8 Å². The van der Waals surface area contributed by atoms with Gasteiger partial charge < -0.3 is 20.9 Å². The van der Waals surface area contributed by atoms with Crippen molar-refractivity contribution in [3.05, 3.63) is 52.6 Å². The van der Waals surface area contributed by atoms with Crippen LogP contribution in [0.5, 0.6) is 11.5 Å². The predicted molar refractivity (Wildman–Crippen MR) is 97.9 cm³/mol. The zero-order valence-electron chi connectivity index (χ0n) is 14.6. The lowest BCUT2D eigenvalue weighted by atomic mass is 9.92. The SMILES string of the molecule is Cc1cc(N)cc(C)c1Oc1ccc(CO)c(C(=O)NC2CCC2)c1. The van der Waals surface area contributed by atoms with Crippen LogP contribution >= 0.6 is 0 Å². The summed E-state index contributed by atoms with van der Waals surface area (Å²) in [6.45, 7) is 3.68. The minimum Gasteiger partial charge on any atom is -0.457 e. The first-order chi connectivity index (χ1) is 12.0. The van der Waals surface area contributed by atoms with E-state index in [-0.39, 0.29) is 18.6 Å². The van der Waals surface area contributed by atoms with Gasteiger partial charge >= 0.3 is 0 Å². The molecule has 3 rings (SSSR count). The number of amides is 1. The van der Waals surface area contributed by atoms with E-state index in [4.69, 9.17) is 10.5 Å². The molecule has 0 atom stereocenters. The van der Waals surface area contributed by atoms with E-state index >= 15 is 0 Å². The molecule has 132 valence electrons. The van der Waals surface area contributed by atoms with Crippen molar-refractivity contribution < 1.29 is 14.6 Å². The number of rotatable bonds is 5. The van der Waals surface area contributed by atoms with Gasteiger partial charge in [0.2, 0.25) is 0 Å². The quantitative estimate of drug-likeness (QED) is 0.728. The maximum atomic E-state index is 12.5. The van der Waals surface area contributed by atoms with Crippen molar-refractivity contribution in [1.29, 1.82) is 0 Å². The van der Waals surface area contributed by atoms with Gasteiger partial charge in [0.25, 0.3) is 5.91 Å².